The second-order valence-electron chi connectivity index (χ2n) is 5.84. The number of hydrogen-bond donors (Lipinski definition) is 1. The molecule has 4 aromatic rings. The van der Waals surface area contributed by atoms with Gasteiger partial charge in [-0.15, -0.1) is 11.3 Å². The highest BCUT2D eigenvalue weighted by atomic mass is 32.1. The summed E-state index contributed by atoms with van der Waals surface area (Å²) < 4.78 is 41.7. The summed E-state index contributed by atoms with van der Waals surface area (Å²) >= 11 is 1.26. The van der Waals surface area contributed by atoms with Crippen LogP contribution in [-0.4, -0.2) is 30.4 Å². The van der Waals surface area contributed by atoms with Crippen molar-refractivity contribution >= 4 is 28.1 Å². The highest BCUT2D eigenvalue weighted by molar-refractivity contribution is 7.13. The van der Waals surface area contributed by atoms with Crippen LogP contribution in [0.25, 0.3) is 27.6 Å². The van der Waals surface area contributed by atoms with E-state index >= 15 is 0 Å². The standard InChI is InChI=1S/C17H11F3N6OS/c1-8-12(13(21)27)15(25-14(24-8)16-23-4-5-28-16)26-7-10(17(18,19)20)9-6-22-3-2-11(9)26/h2-7H,1H3,(H2,21,27). The van der Waals surface area contributed by atoms with Crippen molar-refractivity contribution < 1.29 is 18.0 Å². The van der Waals surface area contributed by atoms with Crippen LogP contribution in [0.3, 0.4) is 0 Å². The lowest BCUT2D eigenvalue weighted by Gasteiger charge is -2.12. The molecule has 4 aromatic heterocycles. The third kappa shape index (κ3) is 2.89. The Hall–Kier alpha value is -3.34. The molecule has 0 aliphatic rings. The van der Waals surface area contributed by atoms with Gasteiger partial charge in [-0.3, -0.25) is 14.3 Å². The molecule has 11 heteroatoms. The summed E-state index contributed by atoms with van der Waals surface area (Å²) in [5.41, 5.74) is 4.95. The van der Waals surface area contributed by atoms with E-state index in [4.69, 9.17) is 5.73 Å². The van der Waals surface area contributed by atoms with E-state index in [0.717, 1.165) is 12.4 Å². The van der Waals surface area contributed by atoms with Gasteiger partial charge in [0.2, 0.25) is 0 Å². The Morgan fingerprint density at radius 1 is 1.25 bits per heavy atom. The van der Waals surface area contributed by atoms with Gasteiger partial charge in [0.25, 0.3) is 5.91 Å². The van der Waals surface area contributed by atoms with E-state index in [1.165, 1.54) is 28.2 Å². The molecule has 0 saturated heterocycles. The molecule has 0 saturated carbocycles. The van der Waals surface area contributed by atoms with Gasteiger partial charge in [0.15, 0.2) is 16.6 Å². The molecule has 0 fully saturated rings. The molecule has 28 heavy (non-hydrogen) atoms. The quantitative estimate of drug-likeness (QED) is 0.564. The summed E-state index contributed by atoms with van der Waals surface area (Å²) in [6, 6.07) is 1.41. The van der Waals surface area contributed by atoms with Crippen molar-refractivity contribution in [3.8, 4) is 16.6 Å². The Balaban J connectivity index is 2.08. The van der Waals surface area contributed by atoms with Gasteiger partial charge in [-0.25, -0.2) is 15.0 Å². The van der Waals surface area contributed by atoms with E-state index in [9.17, 15) is 18.0 Å². The van der Waals surface area contributed by atoms with Gasteiger partial charge in [0.1, 0.15) is 5.56 Å². The van der Waals surface area contributed by atoms with Crippen LogP contribution in [0.2, 0.25) is 0 Å². The fraction of sp³-hybridized carbons (Fsp3) is 0.118. The fourth-order valence-electron chi connectivity index (χ4n) is 2.92. The van der Waals surface area contributed by atoms with E-state index in [1.54, 1.807) is 18.5 Å². The van der Waals surface area contributed by atoms with E-state index in [1.807, 2.05) is 0 Å². The molecule has 0 unspecified atom stereocenters. The second-order valence-corrected chi connectivity index (χ2v) is 6.73. The van der Waals surface area contributed by atoms with Crippen LogP contribution in [0.15, 0.2) is 36.2 Å². The fourth-order valence-corrected chi connectivity index (χ4v) is 3.49. The van der Waals surface area contributed by atoms with Crippen molar-refractivity contribution in [3.63, 3.8) is 0 Å². The number of carbonyl (C=O) groups is 1. The summed E-state index contributed by atoms with van der Waals surface area (Å²) in [5, 5.41) is 2.07. The summed E-state index contributed by atoms with van der Waals surface area (Å²) in [4.78, 5) is 28.5. The Bertz CT molecular complexity index is 1200. The van der Waals surface area contributed by atoms with Gasteiger partial charge in [0.05, 0.1) is 16.8 Å². The third-order valence-corrected chi connectivity index (χ3v) is 4.85. The highest BCUT2D eigenvalue weighted by Crippen LogP contribution is 2.37. The average Bonchev–Trinajstić information content (AvgIpc) is 3.28. The zero-order valence-corrected chi connectivity index (χ0v) is 15.0. The van der Waals surface area contributed by atoms with Crippen LogP contribution < -0.4 is 5.73 Å². The van der Waals surface area contributed by atoms with Crippen LogP contribution in [0.5, 0.6) is 0 Å². The molecule has 0 aliphatic heterocycles. The normalized spacial score (nSPS) is 11.9. The summed E-state index contributed by atoms with van der Waals surface area (Å²) in [6.45, 7) is 1.54. The number of aryl methyl sites for hydroxylation is 1. The van der Waals surface area contributed by atoms with Gasteiger partial charge in [-0.2, -0.15) is 13.2 Å². The Morgan fingerprint density at radius 2 is 2.04 bits per heavy atom. The van der Waals surface area contributed by atoms with E-state index in [2.05, 4.69) is 19.9 Å². The van der Waals surface area contributed by atoms with Crippen LogP contribution in [0, 0.1) is 6.92 Å². The maximum Gasteiger partial charge on any atom is 0.418 e. The molecule has 1 amide bonds. The molecule has 7 nitrogen and oxygen atoms in total. The average molecular weight is 404 g/mol. The second kappa shape index (κ2) is 6.37. The predicted octanol–water partition coefficient (Wildman–Crippen LogP) is 3.37. The van der Waals surface area contributed by atoms with Gasteiger partial charge in [0, 0.05) is 35.6 Å². The molecule has 0 bridgehead atoms. The number of primary amides is 1. The van der Waals surface area contributed by atoms with E-state index in [-0.39, 0.29) is 33.8 Å². The number of thiazole rings is 1. The predicted molar refractivity (Wildman–Crippen MR) is 96.0 cm³/mol. The Labute approximate surface area is 159 Å². The van der Waals surface area contributed by atoms with Crippen molar-refractivity contribution in [2.75, 3.05) is 0 Å². The molecule has 4 heterocycles. The van der Waals surface area contributed by atoms with Crippen LogP contribution in [-0.2, 0) is 6.18 Å². The minimum Gasteiger partial charge on any atom is -0.365 e. The van der Waals surface area contributed by atoms with Crippen LogP contribution >= 0.6 is 11.3 Å². The van der Waals surface area contributed by atoms with Crippen molar-refractivity contribution in [3.05, 3.63) is 53.1 Å². The number of alkyl halides is 3. The lowest BCUT2D eigenvalue weighted by Crippen LogP contribution is -2.19. The number of hydrogen-bond acceptors (Lipinski definition) is 6. The van der Waals surface area contributed by atoms with E-state index < -0.39 is 17.6 Å². The van der Waals surface area contributed by atoms with Crippen molar-refractivity contribution in [1.29, 1.82) is 0 Å². The molecular formula is C17H11F3N6OS. The first-order chi connectivity index (χ1) is 13.3. The molecular weight excluding hydrogens is 393 g/mol. The van der Waals surface area contributed by atoms with Gasteiger partial charge in [-0.1, -0.05) is 0 Å². The van der Waals surface area contributed by atoms with E-state index in [0.29, 0.717) is 5.01 Å². The SMILES string of the molecule is Cc1nc(-c2nccs2)nc(-n2cc(C(F)(F)F)c3cnccc32)c1C(N)=O. The molecule has 2 N–H and O–H groups in total. The maximum atomic E-state index is 13.5. The van der Waals surface area contributed by atoms with Gasteiger partial charge >= 0.3 is 6.18 Å². The monoisotopic (exact) mass is 404 g/mol. The molecule has 0 aliphatic carbocycles. The largest absolute Gasteiger partial charge is 0.418 e. The number of amides is 1. The van der Waals surface area contributed by atoms with Crippen LogP contribution in [0.4, 0.5) is 13.2 Å². The highest BCUT2D eigenvalue weighted by Gasteiger charge is 2.35. The first-order valence-corrected chi connectivity index (χ1v) is 8.76. The number of carbonyl (C=O) groups excluding carboxylic acids is 1. The molecule has 0 aromatic carbocycles. The smallest absolute Gasteiger partial charge is 0.365 e. The number of halogens is 3. The number of nitrogens with two attached hydrogens (primary N) is 1. The van der Waals surface area contributed by atoms with Crippen LogP contribution in [0.1, 0.15) is 21.6 Å². The van der Waals surface area contributed by atoms with Crippen molar-refractivity contribution in [1.82, 2.24) is 24.5 Å². The van der Waals surface area contributed by atoms with Gasteiger partial charge in [-0.05, 0) is 13.0 Å². The lowest BCUT2D eigenvalue weighted by molar-refractivity contribution is -0.136. The van der Waals surface area contributed by atoms with Crippen molar-refractivity contribution in [2.45, 2.75) is 13.1 Å². The van der Waals surface area contributed by atoms with Crippen molar-refractivity contribution in [2.24, 2.45) is 5.73 Å². The zero-order chi connectivity index (χ0) is 20.1. The Kier molecular flexibility index (Phi) is 4.11. The maximum absolute atomic E-state index is 13.5. The molecule has 0 atom stereocenters. The molecule has 0 spiro atoms. The minimum absolute atomic E-state index is 0.0445. The summed E-state index contributed by atoms with van der Waals surface area (Å²) in [6.07, 6.45) is 0.303. The topological polar surface area (TPSA) is 99.6 Å². The number of nitrogens with zero attached hydrogens (tertiary/aromatic N) is 5. The lowest BCUT2D eigenvalue weighted by atomic mass is 10.2. The minimum atomic E-state index is -4.61. The first kappa shape index (κ1) is 18.0. The molecule has 142 valence electrons. The molecule has 0 radical (unpaired) electrons. The number of pyridine rings is 1. The number of fused-ring (bicyclic) bond motifs is 1. The zero-order valence-electron chi connectivity index (χ0n) is 14.2. The third-order valence-electron chi connectivity index (χ3n) is 4.08. The number of aromatic nitrogens is 5. The summed E-state index contributed by atoms with van der Waals surface area (Å²) in [5.74, 6) is -0.698. The first-order valence-electron chi connectivity index (χ1n) is 7.88. The summed E-state index contributed by atoms with van der Waals surface area (Å²) in [7, 11) is 0. The molecule has 4 rings (SSSR count). The Morgan fingerprint density at radius 3 is 2.68 bits per heavy atom. The number of rotatable bonds is 3. The van der Waals surface area contributed by atoms with Gasteiger partial charge < -0.3 is 5.73 Å².